The van der Waals surface area contributed by atoms with E-state index in [9.17, 15) is 0 Å². The summed E-state index contributed by atoms with van der Waals surface area (Å²) in [5.41, 5.74) is 6.63. The molecule has 0 bridgehead atoms. The zero-order chi connectivity index (χ0) is 13.7. The molecule has 19 heavy (non-hydrogen) atoms. The molecule has 0 amide bonds. The minimum absolute atomic E-state index is 0.609. The molecular formula is C13H18N4OS. The number of likely N-dealkylation sites (N-methyl/N-ethyl adjacent to an activating group) is 1. The third-order valence-corrected chi connectivity index (χ3v) is 3.66. The Morgan fingerprint density at radius 3 is 2.89 bits per heavy atom. The number of aromatic nitrogens is 2. The Morgan fingerprint density at radius 1 is 1.37 bits per heavy atom. The van der Waals surface area contributed by atoms with Gasteiger partial charge in [0.05, 0.1) is 7.11 Å². The Morgan fingerprint density at radius 2 is 2.16 bits per heavy atom. The molecular weight excluding hydrogens is 260 g/mol. The molecule has 6 heteroatoms. The van der Waals surface area contributed by atoms with Crippen molar-refractivity contribution in [2.24, 2.45) is 5.73 Å². The Bertz CT molecular complexity index is 529. The van der Waals surface area contributed by atoms with Crippen molar-refractivity contribution in [1.82, 2.24) is 9.36 Å². The first-order valence-corrected chi connectivity index (χ1v) is 6.87. The minimum atomic E-state index is 0.609. The number of benzene rings is 1. The average molecular weight is 278 g/mol. The highest BCUT2D eigenvalue weighted by atomic mass is 32.1. The molecule has 0 spiro atoms. The fourth-order valence-electron chi connectivity index (χ4n) is 1.78. The molecule has 0 saturated heterocycles. The van der Waals surface area contributed by atoms with Gasteiger partial charge in [0, 0.05) is 43.7 Å². The van der Waals surface area contributed by atoms with Gasteiger partial charge in [0.25, 0.3) is 0 Å². The molecule has 2 N–H and O–H groups in total. The fraction of sp³-hybridized carbons (Fsp3) is 0.385. The molecule has 0 aliphatic rings. The molecule has 0 atom stereocenters. The molecule has 0 fully saturated rings. The molecule has 1 aromatic heterocycles. The van der Waals surface area contributed by atoms with Gasteiger partial charge in [-0.15, -0.1) is 0 Å². The van der Waals surface area contributed by atoms with Crippen molar-refractivity contribution in [2.75, 3.05) is 32.1 Å². The molecule has 5 nitrogen and oxygen atoms in total. The lowest BCUT2D eigenvalue weighted by atomic mass is 10.1. The number of nitrogens with two attached hydrogens (primary N) is 1. The number of anilines is 1. The van der Waals surface area contributed by atoms with Gasteiger partial charge >= 0.3 is 0 Å². The summed E-state index contributed by atoms with van der Waals surface area (Å²) in [4.78, 5) is 6.54. The lowest BCUT2D eigenvalue weighted by molar-refractivity contribution is 0.410. The second-order valence-electron chi connectivity index (χ2n) is 4.19. The van der Waals surface area contributed by atoms with Crippen molar-refractivity contribution in [1.29, 1.82) is 0 Å². The van der Waals surface area contributed by atoms with Crippen LogP contribution in [0.1, 0.15) is 11.4 Å². The lowest BCUT2D eigenvalue weighted by Crippen LogP contribution is -2.24. The number of para-hydroxylation sites is 1. The van der Waals surface area contributed by atoms with Crippen LogP contribution in [0.2, 0.25) is 0 Å². The third-order valence-electron chi connectivity index (χ3n) is 2.79. The van der Waals surface area contributed by atoms with E-state index in [2.05, 4.69) is 9.36 Å². The highest BCUT2D eigenvalue weighted by Crippen LogP contribution is 2.22. The molecule has 0 unspecified atom stereocenters. The number of hydrogen-bond donors (Lipinski definition) is 1. The van der Waals surface area contributed by atoms with Crippen molar-refractivity contribution in [3.8, 4) is 5.75 Å². The Hall–Kier alpha value is -1.66. The summed E-state index contributed by atoms with van der Waals surface area (Å²) in [5, 5.41) is 0.898. The van der Waals surface area contributed by atoms with Crippen LogP contribution in [-0.4, -0.2) is 36.6 Å². The van der Waals surface area contributed by atoms with Gasteiger partial charge in [-0.3, -0.25) is 0 Å². The maximum Gasteiger partial charge on any atom is 0.204 e. The molecule has 0 radical (unpaired) electrons. The predicted octanol–water partition coefficient (Wildman–Crippen LogP) is 1.53. The van der Waals surface area contributed by atoms with Crippen LogP contribution in [0, 0.1) is 0 Å². The third kappa shape index (κ3) is 3.42. The summed E-state index contributed by atoms with van der Waals surface area (Å²) in [5.74, 6) is 1.68. The van der Waals surface area contributed by atoms with E-state index in [-0.39, 0.29) is 0 Å². The lowest BCUT2D eigenvalue weighted by Gasteiger charge is -2.12. The van der Waals surface area contributed by atoms with Gasteiger partial charge < -0.3 is 15.4 Å². The molecule has 1 aromatic carbocycles. The van der Waals surface area contributed by atoms with E-state index in [0.717, 1.165) is 28.8 Å². The highest BCUT2D eigenvalue weighted by molar-refractivity contribution is 7.09. The van der Waals surface area contributed by atoms with Gasteiger partial charge in [0.2, 0.25) is 5.13 Å². The summed E-state index contributed by atoms with van der Waals surface area (Å²) in [7, 11) is 3.65. The molecule has 2 aromatic rings. The summed E-state index contributed by atoms with van der Waals surface area (Å²) >= 11 is 1.40. The molecule has 102 valence electrons. The first-order chi connectivity index (χ1) is 9.24. The summed E-state index contributed by atoms with van der Waals surface area (Å²) in [6.07, 6.45) is 0.678. The first-order valence-electron chi connectivity index (χ1n) is 6.10. The maximum absolute atomic E-state index is 5.53. The van der Waals surface area contributed by atoms with E-state index >= 15 is 0 Å². The Kier molecular flexibility index (Phi) is 4.70. The fourth-order valence-corrected chi connectivity index (χ4v) is 2.45. The molecule has 0 saturated carbocycles. The zero-order valence-electron chi connectivity index (χ0n) is 11.2. The van der Waals surface area contributed by atoms with Crippen molar-refractivity contribution in [3.63, 3.8) is 0 Å². The van der Waals surface area contributed by atoms with Crippen LogP contribution in [0.4, 0.5) is 5.13 Å². The average Bonchev–Trinajstić information content (AvgIpc) is 2.88. The van der Waals surface area contributed by atoms with Crippen LogP contribution in [0.25, 0.3) is 0 Å². The number of methoxy groups -OCH3 is 1. The smallest absolute Gasteiger partial charge is 0.204 e. The van der Waals surface area contributed by atoms with Gasteiger partial charge in [-0.1, -0.05) is 18.2 Å². The number of rotatable bonds is 6. The van der Waals surface area contributed by atoms with Gasteiger partial charge in [0.15, 0.2) is 0 Å². The van der Waals surface area contributed by atoms with E-state index in [0.29, 0.717) is 13.0 Å². The minimum Gasteiger partial charge on any atom is -0.496 e. The van der Waals surface area contributed by atoms with E-state index in [1.165, 1.54) is 11.5 Å². The van der Waals surface area contributed by atoms with Crippen LogP contribution < -0.4 is 15.4 Å². The highest BCUT2D eigenvalue weighted by Gasteiger charge is 2.10. The summed E-state index contributed by atoms with van der Waals surface area (Å²) in [6.45, 7) is 1.39. The van der Waals surface area contributed by atoms with E-state index in [4.69, 9.17) is 10.5 Å². The molecule has 0 aliphatic carbocycles. The van der Waals surface area contributed by atoms with Crippen molar-refractivity contribution in [2.45, 2.75) is 6.42 Å². The Labute approximate surface area is 117 Å². The summed E-state index contributed by atoms with van der Waals surface area (Å²) < 4.78 is 9.71. The van der Waals surface area contributed by atoms with Crippen LogP contribution in [-0.2, 0) is 6.42 Å². The van der Waals surface area contributed by atoms with Crippen molar-refractivity contribution >= 4 is 16.7 Å². The molecule has 1 heterocycles. The number of nitrogens with zero attached hydrogens (tertiary/aromatic N) is 3. The van der Waals surface area contributed by atoms with Crippen molar-refractivity contribution in [3.05, 3.63) is 35.7 Å². The van der Waals surface area contributed by atoms with Crippen LogP contribution in [0.15, 0.2) is 24.3 Å². The van der Waals surface area contributed by atoms with Crippen LogP contribution in [0.3, 0.4) is 0 Å². The van der Waals surface area contributed by atoms with Gasteiger partial charge in [-0.2, -0.15) is 4.37 Å². The molecule has 0 aliphatic heterocycles. The first kappa shape index (κ1) is 13.8. The van der Waals surface area contributed by atoms with E-state index in [1.54, 1.807) is 7.11 Å². The van der Waals surface area contributed by atoms with Gasteiger partial charge in [-0.25, -0.2) is 4.98 Å². The van der Waals surface area contributed by atoms with E-state index < -0.39 is 0 Å². The largest absolute Gasteiger partial charge is 0.496 e. The van der Waals surface area contributed by atoms with Gasteiger partial charge in [-0.05, 0) is 6.07 Å². The maximum atomic E-state index is 5.53. The Balaban J connectivity index is 2.11. The van der Waals surface area contributed by atoms with Crippen LogP contribution >= 0.6 is 11.5 Å². The molecule has 2 rings (SSSR count). The topological polar surface area (TPSA) is 64.3 Å². The zero-order valence-corrected chi connectivity index (χ0v) is 12.0. The monoisotopic (exact) mass is 278 g/mol. The summed E-state index contributed by atoms with van der Waals surface area (Å²) in [6, 6.07) is 7.93. The quantitative estimate of drug-likeness (QED) is 0.868. The second kappa shape index (κ2) is 6.49. The van der Waals surface area contributed by atoms with Crippen LogP contribution in [0.5, 0.6) is 5.75 Å². The predicted molar refractivity (Wildman–Crippen MR) is 78.0 cm³/mol. The standard InChI is InChI=1S/C13H18N4OS/c1-17(8-7-14)13-15-12(16-19-13)9-10-5-3-4-6-11(10)18-2/h3-6H,7-9,14H2,1-2H3. The van der Waals surface area contributed by atoms with E-state index in [1.807, 2.05) is 36.2 Å². The normalized spacial score (nSPS) is 10.5. The number of ether oxygens (including phenoxy) is 1. The SMILES string of the molecule is COc1ccccc1Cc1nsc(N(C)CCN)n1. The van der Waals surface area contributed by atoms with Crippen molar-refractivity contribution < 1.29 is 4.74 Å². The number of hydrogen-bond acceptors (Lipinski definition) is 6. The second-order valence-corrected chi connectivity index (χ2v) is 4.92. The van der Waals surface area contributed by atoms with Gasteiger partial charge in [0.1, 0.15) is 11.6 Å².